The number of amides is 1. The highest BCUT2D eigenvalue weighted by atomic mass is 16.5. The summed E-state index contributed by atoms with van der Waals surface area (Å²) in [5.41, 5.74) is 10.1. The molecule has 4 N–H and O–H groups in total. The van der Waals surface area contributed by atoms with Crippen LogP contribution in [0.3, 0.4) is 0 Å². The molecule has 36 heavy (non-hydrogen) atoms. The number of carbonyl (C=O) groups is 2. The van der Waals surface area contributed by atoms with Gasteiger partial charge in [0.25, 0.3) is 0 Å². The molecule has 7 heteroatoms. The van der Waals surface area contributed by atoms with Gasteiger partial charge in [-0.1, -0.05) is 37.6 Å². The molecule has 7 nitrogen and oxygen atoms in total. The molecule has 0 aromatic carbocycles. The van der Waals surface area contributed by atoms with E-state index in [9.17, 15) is 9.59 Å². The summed E-state index contributed by atoms with van der Waals surface area (Å²) in [7, 11) is 0. The third-order valence-electron chi connectivity index (χ3n) is 9.85. The molecule has 0 radical (unpaired) electrons. The van der Waals surface area contributed by atoms with Gasteiger partial charge in [-0.05, 0) is 84.3 Å². The van der Waals surface area contributed by atoms with Gasteiger partial charge in [0.15, 0.2) is 0 Å². The van der Waals surface area contributed by atoms with Crippen LogP contribution in [-0.2, 0) is 14.3 Å². The molecular formula is C29H39N3O4. The van der Waals surface area contributed by atoms with Crippen molar-refractivity contribution in [2.45, 2.75) is 70.9 Å². The lowest BCUT2D eigenvalue weighted by Gasteiger charge is -2.57. The molecule has 1 aromatic heterocycles. The predicted octanol–water partition coefficient (Wildman–Crippen LogP) is 3.39. The monoisotopic (exact) mass is 493 g/mol. The summed E-state index contributed by atoms with van der Waals surface area (Å²) in [6.45, 7) is 4.23. The first-order valence-electron chi connectivity index (χ1n) is 13.4. The van der Waals surface area contributed by atoms with E-state index in [1.807, 2.05) is 18.5 Å². The Labute approximate surface area is 213 Å². The maximum Gasteiger partial charge on any atom is 0.325 e. The van der Waals surface area contributed by atoms with Crippen LogP contribution in [0.2, 0.25) is 0 Å². The maximum absolute atomic E-state index is 12.3. The van der Waals surface area contributed by atoms with Crippen LogP contribution in [0.5, 0.6) is 0 Å². The van der Waals surface area contributed by atoms with Crippen molar-refractivity contribution in [1.29, 1.82) is 0 Å². The first-order chi connectivity index (χ1) is 17.3. The van der Waals surface area contributed by atoms with E-state index in [1.54, 1.807) is 0 Å². The Kier molecular flexibility index (Phi) is 6.81. The number of ether oxygens (including phenoxy) is 1. The minimum atomic E-state index is -1.03. The summed E-state index contributed by atoms with van der Waals surface area (Å²) in [6.07, 6.45) is 16.0. The van der Waals surface area contributed by atoms with E-state index >= 15 is 0 Å². The molecule has 1 heterocycles. The second-order valence-corrected chi connectivity index (χ2v) is 11.7. The van der Waals surface area contributed by atoms with Gasteiger partial charge in [0.2, 0.25) is 5.91 Å². The lowest BCUT2D eigenvalue weighted by Crippen LogP contribution is -2.50. The van der Waals surface area contributed by atoms with Crippen LogP contribution < -0.4 is 11.1 Å². The van der Waals surface area contributed by atoms with Gasteiger partial charge in [0, 0.05) is 18.8 Å². The van der Waals surface area contributed by atoms with E-state index in [0.29, 0.717) is 17.8 Å². The number of fused-ring (bicyclic) bond motifs is 5. The molecular weight excluding hydrogens is 454 g/mol. The second kappa shape index (κ2) is 9.75. The first kappa shape index (κ1) is 25.2. The number of nitrogens with one attached hydrogen (secondary N) is 1. The van der Waals surface area contributed by atoms with Gasteiger partial charge in [-0.25, -0.2) is 0 Å². The number of aromatic nitrogens is 1. The molecule has 2 saturated carbocycles. The van der Waals surface area contributed by atoms with Crippen LogP contribution in [0.25, 0.3) is 5.57 Å². The molecule has 7 unspecified atom stereocenters. The zero-order valence-corrected chi connectivity index (χ0v) is 21.4. The molecule has 1 aromatic rings. The number of nitrogens with two attached hydrogens (primary N) is 1. The van der Waals surface area contributed by atoms with E-state index in [0.717, 1.165) is 32.1 Å². The Morgan fingerprint density at radius 1 is 1.19 bits per heavy atom. The van der Waals surface area contributed by atoms with Gasteiger partial charge >= 0.3 is 5.97 Å². The summed E-state index contributed by atoms with van der Waals surface area (Å²) in [4.78, 5) is 28.4. The smallest absolute Gasteiger partial charge is 0.325 e. The standard InChI is InChI=1S/C29H39N3O4/c1-28-11-9-20(36-26(34)16-32-27(35)25(30)17-33)14-19(28)5-6-21-23-8-7-22(18-4-3-13-31-15-18)29(23,2)12-10-24(21)28/h3-5,7,13,15,20-21,23-25,33H,6,8-12,14,16-17,30H2,1-2H3,(H,32,35). The Balaban J connectivity index is 1.24. The molecule has 0 aliphatic heterocycles. The van der Waals surface area contributed by atoms with Crippen molar-refractivity contribution in [2.75, 3.05) is 13.2 Å². The van der Waals surface area contributed by atoms with Gasteiger partial charge in [0.05, 0.1) is 6.61 Å². The highest BCUT2D eigenvalue weighted by Gasteiger charge is 2.57. The molecule has 0 saturated heterocycles. The molecule has 2 fully saturated rings. The summed E-state index contributed by atoms with van der Waals surface area (Å²) < 4.78 is 5.72. The number of hydrogen-bond acceptors (Lipinski definition) is 6. The third kappa shape index (κ3) is 4.30. The zero-order chi connectivity index (χ0) is 25.5. The van der Waals surface area contributed by atoms with Crippen molar-refractivity contribution < 1.29 is 19.4 Å². The van der Waals surface area contributed by atoms with Gasteiger partial charge < -0.3 is 20.9 Å². The van der Waals surface area contributed by atoms with E-state index in [1.165, 1.54) is 29.6 Å². The summed E-state index contributed by atoms with van der Waals surface area (Å²) in [5.74, 6) is 0.987. The number of hydrogen-bond donors (Lipinski definition) is 3. The number of rotatable bonds is 6. The average Bonchev–Trinajstić information content (AvgIpc) is 3.24. The van der Waals surface area contributed by atoms with E-state index < -0.39 is 24.5 Å². The van der Waals surface area contributed by atoms with Gasteiger partial charge in [0.1, 0.15) is 18.7 Å². The number of pyridine rings is 1. The number of aliphatic hydroxyl groups is 1. The molecule has 7 atom stereocenters. The largest absolute Gasteiger partial charge is 0.461 e. The van der Waals surface area contributed by atoms with E-state index in [2.05, 4.69) is 42.4 Å². The Morgan fingerprint density at radius 3 is 2.75 bits per heavy atom. The maximum atomic E-state index is 12.3. The van der Waals surface area contributed by atoms with Crippen LogP contribution in [-0.4, -0.2) is 47.3 Å². The van der Waals surface area contributed by atoms with Crippen molar-refractivity contribution in [3.05, 3.63) is 47.8 Å². The molecule has 194 valence electrons. The quantitative estimate of drug-likeness (QED) is 0.413. The normalized spacial score (nSPS) is 35.9. The average molecular weight is 494 g/mol. The van der Waals surface area contributed by atoms with Gasteiger partial charge in [-0.2, -0.15) is 0 Å². The lowest BCUT2D eigenvalue weighted by atomic mass is 9.47. The fourth-order valence-electron chi connectivity index (χ4n) is 7.87. The molecule has 0 bridgehead atoms. The Bertz CT molecular complexity index is 1070. The molecule has 0 spiro atoms. The minimum absolute atomic E-state index is 0.157. The van der Waals surface area contributed by atoms with Crippen LogP contribution in [0.4, 0.5) is 0 Å². The molecule has 4 aliphatic carbocycles. The number of esters is 1. The van der Waals surface area contributed by atoms with Gasteiger partial charge in [-0.3, -0.25) is 14.6 Å². The Morgan fingerprint density at radius 2 is 2.00 bits per heavy atom. The SMILES string of the molecule is CC12CCC(OC(=O)CNC(=O)C(N)CO)CC1=CCC1C2CCC2(C)C(c3cccnc3)=CCC12. The molecule has 1 amide bonds. The van der Waals surface area contributed by atoms with Crippen molar-refractivity contribution >= 4 is 17.4 Å². The fraction of sp³-hybridized carbons (Fsp3) is 0.621. The number of carbonyl (C=O) groups excluding carboxylic acids is 2. The van der Waals surface area contributed by atoms with Crippen LogP contribution >= 0.6 is 0 Å². The Hall–Kier alpha value is -2.51. The second-order valence-electron chi connectivity index (χ2n) is 11.7. The third-order valence-corrected chi connectivity index (χ3v) is 9.85. The molecule has 5 rings (SSSR count). The topological polar surface area (TPSA) is 115 Å². The van der Waals surface area contributed by atoms with E-state index in [4.69, 9.17) is 15.6 Å². The highest BCUT2D eigenvalue weighted by molar-refractivity contribution is 5.85. The summed E-state index contributed by atoms with van der Waals surface area (Å²) >= 11 is 0. The van der Waals surface area contributed by atoms with Crippen molar-refractivity contribution in [1.82, 2.24) is 10.3 Å². The van der Waals surface area contributed by atoms with Crippen molar-refractivity contribution in [3.63, 3.8) is 0 Å². The highest BCUT2D eigenvalue weighted by Crippen LogP contribution is 2.66. The van der Waals surface area contributed by atoms with Crippen molar-refractivity contribution in [3.8, 4) is 0 Å². The number of aliphatic hydroxyl groups excluding tert-OH is 1. The first-order valence-corrected chi connectivity index (χ1v) is 13.4. The van der Waals surface area contributed by atoms with Crippen LogP contribution in [0, 0.1) is 28.6 Å². The molecule has 4 aliphatic rings. The van der Waals surface area contributed by atoms with E-state index in [-0.39, 0.29) is 23.5 Å². The van der Waals surface area contributed by atoms with Crippen LogP contribution in [0.1, 0.15) is 64.4 Å². The minimum Gasteiger partial charge on any atom is -0.461 e. The fourth-order valence-corrected chi connectivity index (χ4v) is 7.87. The lowest BCUT2D eigenvalue weighted by molar-refractivity contribution is -0.151. The van der Waals surface area contributed by atoms with Crippen molar-refractivity contribution in [2.24, 2.45) is 34.3 Å². The summed E-state index contributed by atoms with van der Waals surface area (Å²) in [5, 5.41) is 11.4. The van der Waals surface area contributed by atoms with Crippen LogP contribution in [0.15, 0.2) is 42.3 Å². The summed E-state index contributed by atoms with van der Waals surface area (Å²) in [6, 6.07) is 3.22. The number of nitrogens with zero attached hydrogens (tertiary/aromatic N) is 1. The van der Waals surface area contributed by atoms with Gasteiger partial charge in [-0.15, -0.1) is 0 Å². The predicted molar refractivity (Wildman–Crippen MR) is 137 cm³/mol. The zero-order valence-electron chi connectivity index (χ0n) is 21.4. The number of allylic oxidation sites excluding steroid dienone is 3.